The van der Waals surface area contributed by atoms with Gasteiger partial charge in [0.05, 0.1) is 6.61 Å². The van der Waals surface area contributed by atoms with Crippen LogP contribution < -0.4 is 0 Å². The topological polar surface area (TPSA) is 35.5 Å². The number of alkyl halides is 6. The van der Waals surface area contributed by atoms with Crippen LogP contribution in [0.4, 0.5) is 31.1 Å². The number of halogens is 6. The largest absolute Gasteiger partial charge is 0.511 e. The Morgan fingerprint density at radius 2 is 1.73 bits per heavy atom. The van der Waals surface area contributed by atoms with E-state index in [9.17, 15) is 31.1 Å². The van der Waals surface area contributed by atoms with Crippen LogP contribution in [0.15, 0.2) is 0 Å². The SMILES string of the molecule is CCOC(=O)OC(F)C(F)(F)C(F)(F)F. The van der Waals surface area contributed by atoms with Gasteiger partial charge in [0.2, 0.25) is 0 Å². The summed E-state index contributed by atoms with van der Waals surface area (Å²) in [5.41, 5.74) is 0. The number of hydrogen-bond donors (Lipinski definition) is 0. The molecule has 0 saturated heterocycles. The zero-order chi connectivity index (χ0) is 12.3. The van der Waals surface area contributed by atoms with Gasteiger partial charge in [0.25, 0.3) is 0 Å². The van der Waals surface area contributed by atoms with E-state index in [-0.39, 0.29) is 6.61 Å². The molecule has 0 saturated carbocycles. The predicted molar refractivity (Wildman–Crippen MR) is 34.0 cm³/mol. The van der Waals surface area contributed by atoms with E-state index in [2.05, 4.69) is 9.47 Å². The highest BCUT2D eigenvalue weighted by atomic mass is 19.4. The van der Waals surface area contributed by atoms with E-state index in [0.717, 1.165) is 0 Å². The van der Waals surface area contributed by atoms with Crippen LogP contribution in [0.3, 0.4) is 0 Å². The van der Waals surface area contributed by atoms with Crippen molar-refractivity contribution in [2.45, 2.75) is 25.4 Å². The summed E-state index contributed by atoms with van der Waals surface area (Å²) in [6, 6.07) is 0. The Hall–Kier alpha value is -1.15. The molecule has 0 fully saturated rings. The van der Waals surface area contributed by atoms with Crippen molar-refractivity contribution in [3.63, 3.8) is 0 Å². The second kappa shape index (κ2) is 4.58. The molecule has 1 atom stereocenters. The summed E-state index contributed by atoms with van der Waals surface area (Å²) < 4.78 is 77.8. The third-order valence-electron chi connectivity index (χ3n) is 1.12. The Bertz CT molecular complexity index is 225. The Morgan fingerprint density at radius 3 is 2.07 bits per heavy atom. The van der Waals surface area contributed by atoms with E-state index in [1.165, 1.54) is 6.92 Å². The minimum absolute atomic E-state index is 0.344. The van der Waals surface area contributed by atoms with Gasteiger partial charge in [-0.05, 0) is 6.92 Å². The van der Waals surface area contributed by atoms with Crippen LogP contribution in [0.1, 0.15) is 6.92 Å². The second-order valence-corrected chi connectivity index (χ2v) is 2.24. The Balaban J connectivity index is 4.44. The molecule has 0 bridgehead atoms. The predicted octanol–water partition coefficient (Wildman–Crippen LogP) is 2.65. The van der Waals surface area contributed by atoms with E-state index in [1.54, 1.807) is 0 Å². The lowest BCUT2D eigenvalue weighted by atomic mass is 10.3. The summed E-state index contributed by atoms with van der Waals surface area (Å²) in [5.74, 6) is -5.76. The smallest absolute Gasteiger partial charge is 0.435 e. The molecule has 9 heteroatoms. The molecule has 3 nitrogen and oxygen atoms in total. The van der Waals surface area contributed by atoms with Crippen LogP contribution in [0, 0.1) is 0 Å². The average molecular weight is 240 g/mol. The van der Waals surface area contributed by atoms with Crippen molar-refractivity contribution >= 4 is 6.16 Å². The van der Waals surface area contributed by atoms with Crippen LogP contribution in [0.2, 0.25) is 0 Å². The molecule has 1 unspecified atom stereocenters. The average Bonchev–Trinajstić information content (AvgIpc) is 2.02. The molecule has 0 radical (unpaired) electrons. The zero-order valence-corrected chi connectivity index (χ0v) is 7.28. The summed E-state index contributed by atoms with van der Waals surface area (Å²) in [7, 11) is 0. The van der Waals surface area contributed by atoms with Crippen molar-refractivity contribution in [3.05, 3.63) is 0 Å². The second-order valence-electron chi connectivity index (χ2n) is 2.24. The van der Waals surface area contributed by atoms with Gasteiger partial charge in [-0.25, -0.2) is 4.79 Å². The molecule has 0 aliphatic rings. The van der Waals surface area contributed by atoms with Gasteiger partial charge in [0.15, 0.2) is 0 Å². The molecule has 0 amide bonds. The van der Waals surface area contributed by atoms with Gasteiger partial charge in [0.1, 0.15) is 0 Å². The van der Waals surface area contributed by atoms with Gasteiger partial charge >= 0.3 is 24.6 Å². The van der Waals surface area contributed by atoms with Crippen molar-refractivity contribution in [3.8, 4) is 0 Å². The van der Waals surface area contributed by atoms with Crippen molar-refractivity contribution < 1.29 is 40.6 Å². The highest BCUT2D eigenvalue weighted by Crippen LogP contribution is 2.39. The number of carbonyl (C=O) groups is 1. The summed E-state index contributed by atoms with van der Waals surface area (Å²) in [6.45, 7) is 0.888. The van der Waals surface area contributed by atoms with Gasteiger partial charge < -0.3 is 9.47 Å². The number of ether oxygens (including phenoxy) is 2. The summed E-state index contributed by atoms with van der Waals surface area (Å²) in [5, 5.41) is 0. The Labute approximate surface area is 79.9 Å². The quantitative estimate of drug-likeness (QED) is 0.562. The Kier molecular flexibility index (Phi) is 4.23. The fourth-order valence-electron chi connectivity index (χ4n) is 0.439. The minimum Gasteiger partial charge on any atom is -0.435 e. The number of hydrogen-bond acceptors (Lipinski definition) is 3. The van der Waals surface area contributed by atoms with Crippen molar-refractivity contribution in [1.29, 1.82) is 0 Å². The molecule has 0 rings (SSSR count). The molecule has 0 aliphatic heterocycles. The lowest BCUT2D eigenvalue weighted by Gasteiger charge is -2.22. The van der Waals surface area contributed by atoms with Crippen LogP contribution in [-0.4, -0.2) is 31.2 Å². The zero-order valence-electron chi connectivity index (χ0n) is 7.28. The molecule has 90 valence electrons. The molecular formula is C6H6F6O3. The minimum atomic E-state index is -6.14. The fraction of sp³-hybridized carbons (Fsp3) is 0.833. The summed E-state index contributed by atoms with van der Waals surface area (Å²) in [4.78, 5) is 10.2. The monoisotopic (exact) mass is 240 g/mol. The molecular weight excluding hydrogens is 234 g/mol. The van der Waals surface area contributed by atoms with E-state index in [0.29, 0.717) is 0 Å². The van der Waals surface area contributed by atoms with Gasteiger partial charge in [0, 0.05) is 0 Å². The molecule has 0 N–H and O–H groups in total. The molecule has 0 aliphatic carbocycles. The van der Waals surface area contributed by atoms with E-state index in [4.69, 9.17) is 0 Å². The van der Waals surface area contributed by atoms with Crippen LogP contribution in [0.5, 0.6) is 0 Å². The lowest BCUT2D eigenvalue weighted by molar-refractivity contribution is -0.333. The standard InChI is InChI=1S/C6H6F6O3/c1-2-14-4(13)15-3(7)5(8,9)6(10,11)12/h3H,2H2,1H3. The van der Waals surface area contributed by atoms with Gasteiger partial charge in [-0.3, -0.25) is 0 Å². The summed E-state index contributed by atoms with van der Waals surface area (Å²) in [6.07, 6.45) is -12.2. The molecule has 0 heterocycles. The maximum Gasteiger partial charge on any atom is 0.511 e. The first-order chi connectivity index (χ1) is 6.63. The molecule has 0 aromatic rings. The summed E-state index contributed by atoms with van der Waals surface area (Å²) >= 11 is 0. The first kappa shape index (κ1) is 13.8. The first-order valence-corrected chi connectivity index (χ1v) is 3.55. The third-order valence-corrected chi connectivity index (χ3v) is 1.12. The van der Waals surface area contributed by atoms with Gasteiger partial charge in [-0.1, -0.05) is 0 Å². The number of carbonyl (C=O) groups excluding carboxylic acids is 1. The van der Waals surface area contributed by atoms with Gasteiger partial charge in [-0.2, -0.15) is 26.3 Å². The Morgan fingerprint density at radius 1 is 1.27 bits per heavy atom. The fourth-order valence-corrected chi connectivity index (χ4v) is 0.439. The molecule has 0 spiro atoms. The van der Waals surface area contributed by atoms with E-state index >= 15 is 0 Å². The van der Waals surface area contributed by atoms with Crippen molar-refractivity contribution in [2.24, 2.45) is 0 Å². The number of rotatable bonds is 3. The van der Waals surface area contributed by atoms with Crippen LogP contribution in [0.25, 0.3) is 0 Å². The van der Waals surface area contributed by atoms with Crippen molar-refractivity contribution in [2.75, 3.05) is 6.61 Å². The highest BCUT2D eigenvalue weighted by Gasteiger charge is 2.65. The lowest BCUT2D eigenvalue weighted by Crippen LogP contribution is -2.46. The maximum absolute atomic E-state index is 12.3. The van der Waals surface area contributed by atoms with Gasteiger partial charge in [-0.15, -0.1) is 0 Å². The van der Waals surface area contributed by atoms with E-state index in [1.807, 2.05) is 0 Å². The normalized spacial score (nSPS) is 14.6. The molecule has 0 aromatic heterocycles. The van der Waals surface area contributed by atoms with Crippen LogP contribution in [-0.2, 0) is 9.47 Å². The van der Waals surface area contributed by atoms with Crippen LogP contribution >= 0.6 is 0 Å². The first-order valence-electron chi connectivity index (χ1n) is 3.55. The molecule has 15 heavy (non-hydrogen) atoms. The third kappa shape index (κ3) is 3.48. The maximum atomic E-state index is 12.3. The van der Waals surface area contributed by atoms with Crippen molar-refractivity contribution in [1.82, 2.24) is 0 Å². The van der Waals surface area contributed by atoms with E-state index < -0.39 is 24.6 Å². The highest BCUT2D eigenvalue weighted by molar-refractivity contribution is 5.60. The molecule has 0 aromatic carbocycles.